The van der Waals surface area contributed by atoms with Crippen molar-refractivity contribution in [1.82, 2.24) is 5.32 Å². The Kier molecular flexibility index (Phi) is 5.00. The van der Waals surface area contributed by atoms with E-state index in [1.165, 1.54) is 0 Å². The van der Waals surface area contributed by atoms with E-state index in [1.54, 1.807) is 18.2 Å². The van der Waals surface area contributed by atoms with Crippen molar-refractivity contribution in [3.8, 4) is 5.75 Å². The Labute approximate surface area is 99.4 Å². The normalized spacial score (nSPS) is 11.6. The van der Waals surface area contributed by atoms with Crippen molar-refractivity contribution in [3.05, 3.63) is 29.8 Å². The molecule has 1 aromatic carbocycles. The minimum absolute atomic E-state index is 0.199. The summed E-state index contributed by atoms with van der Waals surface area (Å²) in [6, 6.07) is 6.25. The fraction of sp³-hybridized carbons (Fsp3) is 0.333. The predicted molar refractivity (Wildman–Crippen MR) is 61.9 cm³/mol. The van der Waals surface area contributed by atoms with E-state index in [2.05, 4.69) is 5.32 Å². The number of hydrogen-bond acceptors (Lipinski definition) is 3. The number of carboxylic acids is 1. The van der Waals surface area contributed by atoms with E-state index in [0.29, 0.717) is 18.8 Å². The molecule has 2 N–H and O–H groups in total. The molecule has 0 radical (unpaired) electrons. The van der Waals surface area contributed by atoms with Crippen molar-refractivity contribution in [3.63, 3.8) is 0 Å². The van der Waals surface area contributed by atoms with Gasteiger partial charge in [0.15, 0.2) is 0 Å². The number of carbonyl (C=O) groups is 2. The van der Waals surface area contributed by atoms with Crippen LogP contribution in [0.3, 0.4) is 0 Å². The number of carbonyl (C=O) groups excluding carboxylic acids is 1. The summed E-state index contributed by atoms with van der Waals surface area (Å²) in [5, 5.41) is 11.2. The van der Waals surface area contributed by atoms with Crippen LogP contribution in [-0.4, -0.2) is 30.1 Å². The number of nitrogens with one attached hydrogen (secondary N) is 1. The molecule has 0 aromatic heterocycles. The summed E-state index contributed by atoms with van der Waals surface area (Å²) in [6.07, 6.45) is 0.590. The molecule has 5 nitrogen and oxygen atoms in total. The van der Waals surface area contributed by atoms with E-state index in [-0.39, 0.29) is 6.42 Å². The Morgan fingerprint density at radius 3 is 2.82 bits per heavy atom. The van der Waals surface area contributed by atoms with Gasteiger partial charge < -0.3 is 15.2 Å². The topological polar surface area (TPSA) is 75.6 Å². The third-order valence-corrected chi connectivity index (χ3v) is 2.26. The minimum atomic E-state index is -1.07. The van der Waals surface area contributed by atoms with Crippen LogP contribution >= 0.6 is 0 Å². The lowest BCUT2D eigenvalue weighted by Gasteiger charge is -2.14. The molecule has 0 aliphatic carbocycles. The monoisotopic (exact) mass is 237 g/mol. The number of ether oxygens (including phenoxy) is 1. The molecule has 1 unspecified atom stereocenters. The second kappa shape index (κ2) is 6.52. The Morgan fingerprint density at radius 2 is 2.24 bits per heavy atom. The number of aliphatic carboxylic acids is 1. The summed E-state index contributed by atoms with van der Waals surface area (Å²) in [4.78, 5) is 21.2. The number of amides is 1. The molecule has 0 fully saturated rings. The van der Waals surface area contributed by atoms with E-state index >= 15 is 0 Å². The zero-order valence-electron chi connectivity index (χ0n) is 9.55. The zero-order valence-corrected chi connectivity index (χ0v) is 9.55. The van der Waals surface area contributed by atoms with Gasteiger partial charge >= 0.3 is 5.97 Å². The van der Waals surface area contributed by atoms with Crippen molar-refractivity contribution in [2.45, 2.75) is 19.4 Å². The lowest BCUT2D eigenvalue weighted by atomic mass is 10.1. The fourth-order valence-electron chi connectivity index (χ4n) is 1.49. The van der Waals surface area contributed by atoms with Crippen molar-refractivity contribution < 1.29 is 19.4 Å². The predicted octanol–water partition coefficient (Wildman–Crippen LogP) is 0.827. The highest BCUT2D eigenvalue weighted by molar-refractivity contribution is 5.76. The smallest absolute Gasteiger partial charge is 0.326 e. The summed E-state index contributed by atoms with van der Waals surface area (Å²) >= 11 is 0. The van der Waals surface area contributed by atoms with Crippen LogP contribution in [0.4, 0.5) is 0 Å². The largest absolute Gasteiger partial charge is 0.494 e. The molecule has 0 saturated heterocycles. The van der Waals surface area contributed by atoms with Gasteiger partial charge in [-0.15, -0.1) is 0 Å². The standard InChI is InChI=1S/C12H15NO4/c1-2-17-11-6-4-3-5-9(11)7-10(12(15)16)13-8-14/h3-6,8,10H,2,7H2,1H3,(H,13,14)(H,15,16). The molecular weight excluding hydrogens is 222 g/mol. The van der Waals surface area contributed by atoms with Crippen molar-refractivity contribution in [1.29, 1.82) is 0 Å². The Morgan fingerprint density at radius 1 is 1.53 bits per heavy atom. The first-order valence-electron chi connectivity index (χ1n) is 5.32. The molecule has 0 heterocycles. The number of benzene rings is 1. The molecule has 0 spiro atoms. The third-order valence-electron chi connectivity index (χ3n) is 2.26. The van der Waals surface area contributed by atoms with Gasteiger partial charge in [-0.25, -0.2) is 4.79 Å². The highest BCUT2D eigenvalue weighted by Crippen LogP contribution is 2.19. The summed E-state index contributed by atoms with van der Waals surface area (Å²) in [5.41, 5.74) is 0.760. The molecule has 92 valence electrons. The average molecular weight is 237 g/mol. The van der Waals surface area contributed by atoms with Gasteiger partial charge in [-0.1, -0.05) is 18.2 Å². The van der Waals surface area contributed by atoms with Gasteiger partial charge in [0.25, 0.3) is 0 Å². The van der Waals surface area contributed by atoms with Crippen LogP contribution in [0.2, 0.25) is 0 Å². The van der Waals surface area contributed by atoms with Gasteiger partial charge in [-0.3, -0.25) is 4.79 Å². The Hall–Kier alpha value is -2.04. The van der Waals surface area contributed by atoms with Gasteiger partial charge in [-0.05, 0) is 18.6 Å². The quantitative estimate of drug-likeness (QED) is 0.689. The maximum atomic E-state index is 10.9. The lowest BCUT2D eigenvalue weighted by molar-refractivity contribution is -0.140. The van der Waals surface area contributed by atoms with E-state index in [4.69, 9.17) is 9.84 Å². The molecule has 1 rings (SSSR count). The van der Waals surface area contributed by atoms with Gasteiger partial charge in [-0.2, -0.15) is 0 Å². The van der Waals surface area contributed by atoms with Gasteiger partial charge in [0.2, 0.25) is 6.41 Å². The van der Waals surface area contributed by atoms with Crippen molar-refractivity contribution in [2.24, 2.45) is 0 Å². The molecule has 1 amide bonds. The summed E-state index contributed by atoms with van der Waals surface area (Å²) in [6.45, 7) is 2.37. The fourth-order valence-corrected chi connectivity index (χ4v) is 1.49. The molecule has 1 aromatic rings. The molecular formula is C12H15NO4. The molecule has 0 saturated carbocycles. The molecule has 17 heavy (non-hydrogen) atoms. The lowest BCUT2D eigenvalue weighted by Crippen LogP contribution is -2.37. The summed E-state index contributed by atoms with van der Waals surface area (Å²) in [5.74, 6) is -0.419. The van der Waals surface area contributed by atoms with Crippen molar-refractivity contribution >= 4 is 12.4 Å². The highest BCUT2D eigenvalue weighted by Gasteiger charge is 2.18. The Bertz CT molecular complexity index is 392. The second-order valence-electron chi connectivity index (χ2n) is 3.42. The molecule has 0 aliphatic heterocycles. The number of para-hydroxylation sites is 1. The Balaban J connectivity index is 2.84. The van der Waals surface area contributed by atoms with Gasteiger partial charge in [0, 0.05) is 6.42 Å². The third kappa shape index (κ3) is 3.79. The molecule has 5 heteroatoms. The molecule has 0 bridgehead atoms. The van der Waals surface area contributed by atoms with Crippen LogP contribution in [0.5, 0.6) is 5.75 Å². The SMILES string of the molecule is CCOc1ccccc1CC(NC=O)C(=O)O. The van der Waals surface area contributed by atoms with Crippen LogP contribution < -0.4 is 10.1 Å². The minimum Gasteiger partial charge on any atom is -0.494 e. The zero-order chi connectivity index (χ0) is 12.7. The van der Waals surface area contributed by atoms with Crippen LogP contribution in [0, 0.1) is 0 Å². The van der Waals surface area contributed by atoms with E-state index in [0.717, 1.165) is 5.56 Å². The number of hydrogen-bond donors (Lipinski definition) is 2. The molecule has 1 atom stereocenters. The highest BCUT2D eigenvalue weighted by atomic mass is 16.5. The summed E-state index contributed by atoms with van der Waals surface area (Å²) in [7, 11) is 0. The van der Waals surface area contributed by atoms with Crippen LogP contribution in [-0.2, 0) is 16.0 Å². The van der Waals surface area contributed by atoms with Gasteiger partial charge in [0.05, 0.1) is 6.61 Å². The van der Waals surface area contributed by atoms with Gasteiger partial charge in [0.1, 0.15) is 11.8 Å². The second-order valence-corrected chi connectivity index (χ2v) is 3.42. The van der Waals surface area contributed by atoms with Crippen molar-refractivity contribution in [2.75, 3.05) is 6.61 Å². The first-order valence-corrected chi connectivity index (χ1v) is 5.32. The average Bonchev–Trinajstić information content (AvgIpc) is 2.31. The maximum Gasteiger partial charge on any atom is 0.326 e. The first kappa shape index (κ1) is 13.0. The van der Waals surface area contributed by atoms with Crippen LogP contribution in [0.1, 0.15) is 12.5 Å². The van der Waals surface area contributed by atoms with Crippen LogP contribution in [0.15, 0.2) is 24.3 Å². The number of rotatable bonds is 7. The first-order chi connectivity index (χ1) is 8.19. The van der Waals surface area contributed by atoms with E-state index < -0.39 is 12.0 Å². The maximum absolute atomic E-state index is 10.9. The van der Waals surface area contributed by atoms with Crippen LogP contribution in [0.25, 0.3) is 0 Å². The summed E-state index contributed by atoms with van der Waals surface area (Å²) < 4.78 is 5.39. The number of carboxylic acid groups (broad SMARTS) is 1. The van der Waals surface area contributed by atoms with E-state index in [1.807, 2.05) is 13.0 Å². The molecule has 0 aliphatic rings. The van der Waals surface area contributed by atoms with E-state index in [9.17, 15) is 9.59 Å².